The van der Waals surface area contributed by atoms with Gasteiger partial charge in [-0.05, 0) is 25.4 Å². The highest BCUT2D eigenvalue weighted by Gasteiger charge is 2.28. The van der Waals surface area contributed by atoms with Crippen LogP contribution in [0.5, 0.6) is 0 Å². The second-order valence-electron chi connectivity index (χ2n) is 3.86. The summed E-state index contributed by atoms with van der Waals surface area (Å²) in [4.78, 5) is 24.2. The van der Waals surface area contributed by atoms with Crippen LogP contribution in [0.3, 0.4) is 0 Å². The molecule has 2 rings (SSSR count). The Labute approximate surface area is 82.8 Å². The van der Waals surface area contributed by atoms with Gasteiger partial charge in [0, 0.05) is 6.54 Å². The van der Waals surface area contributed by atoms with Gasteiger partial charge in [-0.2, -0.15) is 0 Å². The third-order valence-corrected chi connectivity index (χ3v) is 2.76. The van der Waals surface area contributed by atoms with Crippen molar-refractivity contribution in [2.24, 2.45) is 5.92 Å². The smallest absolute Gasteiger partial charge is 0.243 e. The molecule has 5 heteroatoms. The van der Waals surface area contributed by atoms with Gasteiger partial charge in [-0.25, -0.2) is 0 Å². The average Bonchev–Trinajstić information content (AvgIpc) is 2.64. The summed E-state index contributed by atoms with van der Waals surface area (Å²) >= 11 is 0. The van der Waals surface area contributed by atoms with E-state index >= 15 is 0 Å². The van der Waals surface area contributed by atoms with E-state index in [1.807, 2.05) is 0 Å². The molecular formula is C9H15N3O2. The topological polar surface area (TPSA) is 61.4 Å². The Morgan fingerprint density at radius 2 is 1.93 bits per heavy atom. The monoisotopic (exact) mass is 197 g/mol. The maximum absolute atomic E-state index is 11.4. The first-order valence-corrected chi connectivity index (χ1v) is 5.02. The van der Waals surface area contributed by atoms with Gasteiger partial charge in [-0.15, -0.1) is 0 Å². The number of hydrogen-bond acceptors (Lipinski definition) is 4. The van der Waals surface area contributed by atoms with Crippen molar-refractivity contribution in [2.75, 3.05) is 32.7 Å². The molecule has 0 radical (unpaired) electrons. The van der Waals surface area contributed by atoms with Crippen molar-refractivity contribution in [1.82, 2.24) is 15.5 Å². The normalized spacial score (nSPS) is 28.6. The fraction of sp³-hybridized carbons (Fsp3) is 0.778. The van der Waals surface area contributed by atoms with Gasteiger partial charge in [0.2, 0.25) is 11.8 Å². The number of rotatable bonds is 2. The largest absolute Gasteiger partial charge is 0.316 e. The molecule has 0 bridgehead atoms. The van der Waals surface area contributed by atoms with Gasteiger partial charge in [-0.3, -0.25) is 19.8 Å². The molecule has 1 unspecified atom stereocenters. The molecule has 5 nitrogen and oxygen atoms in total. The van der Waals surface area contributed by atoms with Crippen molar-refractivity contribution in [3.05, 3.63) is 0 Å². The highest BCUT2D eigenvalue weighted by atomic mass is 16.2. The van der Waals surface area contributed by atoms with Gasteiger partial charge in [0.1, 0.15) is 0 Å². The number of nitrogens with one attached hydrogen (secondary N) is 2. The van der Waals surface area contributed by atoms with E-state index in [1.54, 1.807) is 0 Å². The molecule has 2 heterocycles. The molecule has 0 spiro atoms. The summed E-state index contributed by atoms with van der Waals surface area (Å²) in [6.07, 6.45) is 1.06. The standard InChI is InChI=1S/C9H15N3O2/c13-8-4-11-5-9(14)12(8)6-7-1-2-10-3-7/h7,10-11H,1-6H2. The van der Waals surface area contributed by atoms with E-state index in [0.717, 1.165) is 19.5 Å². The molecule has 14 heavy (non-hydrogen) atoms. The molecule has 0 saturated carbocycles. The molecule has 0 aromatic heterocycles. The SMILES string of the molecule is O=C1CNCC(=O)N1CC1CCNC1. The molecule has 0 aromatic carbocycles. The molecule has 0 aromatic rings. The van der Waals surface area contributed by atoms with Crippen molar-refractivity contribution >= 4 is 11.8 Å². The van der Waals surface area contributed by atoms with Crippen LogP contribution in [-0.4, -0.2) is 49.4 Å². The highest BCUT2D eigenvalue weighted by Crippen LogP contribution is 2.10. The van der Waals surface area contributed by atoms with Crippen molar-refractivity contribution in [3.8, 4) is 0 Å². The molecule has 1 atom stereocenters. The molecule has 2 amide bonds. The van der Waals surface area contributed by atoms with Crippen LogP contribution in [0.1, 0.15) is 6.42 Å². The van der Waals surface area contributed by atoms with Crippen LogP contribution in [0.25, 0.3) is 0 Å². The van der Waals surface area contributed by atoms with Gasteiger partial charge < -0.3 is 5.32 Å². The minimum atomic E-state index is -0.0897. The maximum Gasteiger partial charge on any atom is 0.243 e. The van der Waals surface area contributed by atoms with Crippen LogP contribution in [0.4, 0.5) is 0 Å². The minimum absolute atomic E-state index is 0.0897. The fourth-order valence-corrected chi connectivity index (χ4v) is 1.94. The number of piperazine rings is 1. The zero-order valence-corrected chi connectivity index (χ0v) is 8.08. The van der Waals surface area contributed by atoms with E-state index in [1.165, 1.54) is 4.90 Å². The predicted molar refractivity (Wildman–Crippen MR) is 50.6 cm³/mol. The van der Waals surface area contributed by atoms with E-state index in [4.69, 9.17) is 0 Å². The Hall–Kier alpha value is -0.940. The van der Waals surface area contributed by atoms with Crippen LogP contribution in [0, 0.1) is 5.92 Å². The third kappa shape index (κ3) is 1.93. The lowest BCUT2D eigenvalue weighted by Gasteiger charge is -2.27. The number of amides is 2. The third-order valence-electron chi connectivity index (χ3n) is 2.76. The summed E-state index contributed by atoms with van der Waals surface area (Å²) in [5.41, 5.74) is 0. The Morgan fingerprint density at radius 3 is 2.50 bits per heavy atom. The van der Waals surface area contributed by atoms with Crippen LogP contribution in [-0.2, 0) is 9.59 Å². The van der Waals surface area contributed by atoms with Crippen LogP contribution in [0.15, 0.2) is 0 Å². The average molecular weight is 197 g/mol. The fourth-order valence-electron chi connectivity index (χ4n) is 1.94. The van der Waals surface area contributed by atoms with Crippen molar-refractivity contribution in [2.45, 2.75) is 6.42 Å². The number of carbonyl (C=O) groups is 2. The number of hydrogen-bond donors (Lipinski definition) is 2. The van der Waals surface area contributed by atoms with E-state index < -0.39 is 0 Å². The summed E-state index contributed by atoms with van der Waals surface area (Å²) in [7, 11) is 0. The van der Waals surface area contributed by atoms with E-state index in [2.05, 4.69) is 10.6 Å². The summed E-state index contributed by atoms with van der Waals surface area (Å²) in [6.45, 7) is 3.10. The van der Waals surface area contributed by atoms with Gasteiger partial charge in [-0.1, -0.05) is 0 Å². The highest BCUT2D eigenvalue weighted by molar-refractivity contribution is 5.99. The molecule has 2 N–H and O–H groups in total. The molecule has 2 saturated heterocycles. The summed E-state index contributed by atoms with van der Waals surface area (Å²) in [6, 6.07) is 0. The van der Waals surface area contributed by atoms with Gasteiger partial charge in [0.15, 0.2) is 0 Å². The summed E-state index contributed by atoms with van der Waals surface area (Å²) in [5, 5.41) is 6.01. The Kier molecular flexibility index (Phi) is 2.79. The lowest BCUT2D eigenvalue weighted by atomic mass is 10.1. The van der Waals surface area contributed by atoms with Crippen LogP contribution < -0.4 is 10.6 Å². The minimum Gasteiger partial charge on any atom is -0.316 e. The zero-order valence-electron chi connectivity index (χ0n) is 8.08. The first-order valence-electron chi connectivity index (χ1n) is 5.02. The Bertz CT molecular complexity index is 232. The Balaban J connectivity index is 1.93. The first kappa shape index (κ1) is 9.61. The molecule has 2 aliphatic rings. The van der Waals surface area contributed by atoms with Crippen molar-refractivity contribution in [1.29, 1.82) is 0 Å². The van der Waals surface area contributed by atoms with Gasteiger partial charge in [0.05, 0.1) is 13.1 Å². The molecule has 2 aliphatic heterocycles. The number of carbonyl (C=O) groups excluding carboxylic acids is 2. The van der Waals surface area contributed by atoms with Gasteiger partial charge >= 0.3 is 0 Å². The summed E-state index contributed by atoms with van der Waals surface area (Å²) < 4.78 is 0. The lowest BCUT2D eigenvalue weighted by Crippen LogP contribution is -2.53. The second-order valence-corrected chi connectivity index (χ2v) is 3.86. The first-order chi connectivity index (χ1) is 6.77. The molecular weight excluding hydrogens is 182 g/mol. The van der Waals surface area contributed by atoms with Crippen molar-refractivity contribution in [3.63, 3.8) is 0 Å². The molecule has 78 valence electrons. The number of nitrogens with zero attached hydrogens (tertiary/aromatic N) is 1. The van der Waals surface area contributed by atoms with E-state index in [9.17, 15) is 9.59 Å². The second kappa shape index (κ2) is 4.06. The zero-order chi connectivity index (χ0) is 9.97. The lowest BCUT2D eigenvalue weighted by molar-refractivity contribution is -0.147. The van der Waals surface area contributed by atoms with E-state index in [0.29, 0.717) is 25.6 Å². The van der Waals surface area contributed by atoms with Crippen LogP contribution in [0.2, 0.25) is 0 Å². The number of imide groups is 1. The maximum atomic E-state index is 11.4. The van der Waals surface area contributed by atoms with E-state index in [-0.39, 0.29) is 11.8 Å². The Morgan fingerprint density at radius 1 is 1.21 bits per heavy atom. The predicted octanol–water partition coefficient (Wildman–Crippen LogP) is -1.45. The summed E-state index contributed by atoms with van der Waals surface area (Å²) in [5.74, 6) is 0.266. The quantitative estimate of drug-likeness (QED) is 0.532. The van der Waals surface area contributed by atoms with Crippen molar-refractivity contribution < 1.29 is 9.59 Å². The van der Waals surface area contributed by atoms with Gasteiger partial charge in [0.25, 0.3) is 0 Å². The molecule has 2 fully saturated rings. The molecule has 0 aliphatic carbocycles. The van der Waals surface area contributed by atoms with Crippen LogP contribution >= 0.6 is 0 Å².